The fraction of sp³-hybridized carbons (Fsp3) is 0.500. The highest BCUT2D eigenvalue weighted by Crippen LogP contribution is 2.17. The van der Waals surface area contributed by atoms with Crippen LogP contribution < -0.4 is 0 Å². The Balaban J connectivity index is 2.60. The summed E-state index contributed by atoms with van der Waals surface area (Å²) < 4.78 is 18.8. The molecule has 1 aromatic rings. The number of hydrogen-bond donors (Lipinski definition) is 0. The first-order valence-corrected chi connectivity index (χ1v) is 6.99. The summed E-state index contributed by atoms with van der Waals surface area (Å²) in [5.74, 6) is -0.170. The average Bonchev–Trinajstić information content (AvgIpc) is 2.14. The van der Waals surface area contributed by atoms with Crippen molar-refractivity contribution < 1.29 is 8.82 Å². The molecule has 0 saturated heterocycles. The summed E-state index contributed by atoms with van der Waals surface area (Å²) in [5, 5.41) is 0. The molecule has 0 bridgehead atoms. The van der Waals surface area contributed by atoms with Crippen molar-refractivity contribution in [2.45, 2.75) is 38.8 Å². The molecule has 0 atom stereocenters. The van der Waals surface area contributed by atoms with Crippen LogP contribution in [0.15, 0.2) is 24.3 Å². The summed E-state index contributed by atoms with van der Waals surface area (Å²) in [4.78, 5) is 0. The highest BCUT2D eigenvalue weighted by Gasteiger charge is 2.18. The molecular formula is C12H19FOSi. The minimum atomic E-state index is -0.402. The maximum Gasteiger partial charge on any atom is 0.162 e. The number of rotatable bonds is 5. The van der Waals surface area contributed by atoms with Gasteiger partial charge in [-0.3, -0.25) is 0 Å². The molecule has 0 aliphatic heterocycles. The zero-order valence-electron chi connectivity index (χ0n) is 9.72. The van der Waals surface area contributed by atoms with E-state index in [4.69, 9.17) is 4.43 Å². The van der Waals surface area contributed by atoms with E-state index in [0.29, 0.717) is 0 Å². The summed E-state index contributed by atoms with van der Waals surface area (Å²) in [7, 11) is -0.402. The van der Waals surface area contributed by atoms with Crippen LogP contribution in [-0.2, 0) is 10.8 Å². The molecular weight excluding hydrogens is 207 g/mol. The molecule has 15 heavy (non-hydrogen) atoms. The molecule has 0 spiro atoms. The Bertz CT molecular complexity index is 312. The zero-order valence-corrected chi connectivity index (χ0v) is 11.1. The molecule has 1 rings (SSSR count). The first-order chi connectivity index (χ1) is 7.03. The van der Waals surface area contributed by atoms with Crippen LogP contribution >= 0.6 is 0 Å². The largest absolute Gasteiger partial charge is 0.419 e. The van der Waals surface area contributed by atoms with Crippen LogP contribution in [0.1, 0.15) is 26.3 Å². The van der Waals surface area contributed by atoms with Crippen LogP contribution in [-0.4, -0.2) is 15.4 Å². The van der Waals surface area contributed by atoms with Gasteiger partial charge < -0.3 is 4.43 Å². The third-order valence-electron chi connectivity index (χ3n) is 2.22. The van der Waals surface area contributed by atoms with Crippen molar-refractivity contribution in [2.75, 3.05) is 0 Å². The summed E-state index contributed by atoms with van der Waals surface area (Å²) >= 11 is 0. The molecule has 0 aromatic heterocycles. The number of hydrogen-bond acceptors (Lipinski definition) is 1. The molecule has 0 fully saturated rings. The van der Waals surface area contributed by atoms with Gasteiger partial charge in [0.2, 0.25) is 0 Å². The molecule has 1 aromatic carbocycles. The van der Waals surface area contributed by atoms with E-state index in [1.165, 1.54) is 6.07 Å². The Kier molecular flexibility index (Phi) is 4.48. The number of benzene rings is 1. The van der Waals surface area contributed by atoms with Gasteiger partial charge in [-0.25, -0.2) is 4.39 Å². The Labute approximate surface area is 93.6 Å². The first-order valence-electron chi connectivity index (χ1n) is 5.42. The lowest BCUT2D eigenvalue weighted by Gasteiger charge is -2.25. The van der Waals surface area contributed by atoms with Crippen LogP contribution in [0.5, 0.6) is 0 Å². The van der Waals surface area contributed by atoms with Crippen molar-refractivity contribution in [3.8, 4) is 0 Å². The maximum atomic E-state index is 13.0. The molecule has 0 N–H and O–H groups in total. The minimum absolute atomic E-state index is 0.157. The molecule has 0 heterocycles. The molecule has 1 nitrogen and oxygen atoms in total. The van der Waals surface area contributed by atoms with Gasteiger partial charge in [-0.2, -0.15) is 0 Å². The van der Waals surface area contributed by atoms with Crippen molar-refractivity contribution in [2.24, 2.45) is 0 Å². The van der Waals surface area contributed by atoms with E-state index in [2.05, 4.69) is 20.8 Å². The molecule has 0 saturated carbocycles. The van der Waals surface area contributed by atoms with Crippen molar-refractivity contribution in [1.29, 1.82) is 0 Å². The van der Waals surface area contributed by atoms with E-state index in [9.17, 15) is 4.39 Å². The Hall–Kier alpha value is -0.673. The van der Waals surface area contributed by atoms with Crippen molar-refractivity contribution in [1.82, 2.24) is 0 Å². The van der Waals surface area contributed by atoms with Crippen LogP contribution in [0, 0.1) is 5.82 Å². The van der Waals surface area contributed by atoms with E-state index in [1.807, 2.05) is 6.07 Å². The molecule has 0 unspecified atom stereocenters. The molecule has 0 amide bonds. The quantitative estimate of drug-likeness (QED) is 0.701. The lowest BCUT2D eigenvalue weighted by atomic mass is 9.99. The van der Waals surface area contributed by atoms with Gasteiger partial charge in [0.25, 0.3) is 0 Å². The normalized spacial score (nSPS) is 12.5. The second-order valence-electron chi connectivity index (χ2n) is 4.41. The predicted molar refractivity (Wildman–Crippen MR) is 64.3 cm³/mol. The third-order valence-corrected chi connectivity index (χ3v) is 3.61. The van der Waals surface area contributed by atoms with Gasteiger partial charge in [0, 0.05) is 0 Å². The topological polar surface area (TPSA) is 9.23 Å². The van der Waals surface area contributed by atoms with Gasteiger partial charge >= 0.3 is 0 Å². The number of halogens is 1. The lowest BCUT2D eigenvalue weighted by Crippen LogP contribution is -2.29. The van der Waals surface area contributed by atoms with Crippen molar-refractivity contribution in [3.05, 3.63) is 35.6 Å². The lowest BCUT2D eigenvalue weighted by molar-refractivity contribution is 0.116. The van der Waals surface area contributed by atoms with E-state index < -0.39 is 9.76 Å². The molecule has 0 aliphatic carbocycles. The summed E-state index contributed by atoms with van der Waals surface area (Å²) in [5.41, 5.74) is 0.848. The van der Waals surface area contributed by atoms with Gasteiger partial charge in [-0.1, -0.05) is 19.1 Å². The van der Waals surface area contributed by atoms with Crippen LogP contribution in [0.3, 0.4) is 0 Å². The minimum Gasteiger partial charge on any atom is -0.419 e. The monoisotopic (exact) mass is 226 g/mol. The molecule has 84 valence electrons. The van der Waals surface area contributed by atoms with Gasteiger partial charge in [0.05, 0.1) is 5.60 Å². The van der Waals surface area contributed by atoms with Gasteiger partial charge in [-0.15, -0.1) is 0 Å². The van der Waals surface area contributed by atoms with Gasteiger partial charge in [0.15, 0.2) is 9.76 Å². The van der Waals surface area contributed by atoms with Crippen LogP contribution in [0.25, 0.3) is 0 Å². The molecule has 0 radical (unpaired) electrons. The maximum absolute atomic E-state index is 13.0. The third kappa shape index (κ3) is 4.58. The highest BCUT2D eigenvalue weighted by molar-refractivity contribution is 6.27. The Morgan fingerprint density at radius 2 is 2.13 bits per heavy atom. The highest BCUT2D eigenvalue weighted by atomic mass is 28.2. The second-order valence-corrected chi connectivity index (χ2v) is 6.11. The SMILES string of the molecule is CC[SiH2]OC(C)(C)Cc1cccc(F)c1. The second kappa shape index (κ2) is 5.42. The first kappa shape index (κ1) is 12.4. The standard InChI is InChI=1S/C12H19FOSi/c1-4-15-14-12(2,3)9-10-6-5-7-11(13)8-10/h5-8H,4,9,15H2,1-3H3. The molecule has 0 aliphatic rings. The zero-order chi connectivity index (χ0) is 11.3. The van der Waals surface area contributed by atoms with Crippen LogP contribution in [0.4, 0.5) is 4.39 Å². The van der Waals surface area contributed by atoms with E-state index in [1.54, 1.807) is 12.1 Å². The average molecular weight is 226 g/mol. The fourth-order valence-corrected chi connectivity index (χ4v) is 2.43. The summed E-state index contributed by atoms with van der Waals surface area (Å²) in [6.45, 7) is 6.28. The molecule has 3 heteroatoms. The summed E-state index contributed by atoms with van der Waals surface area (Å²) in [6.07, 6.45) is 0.776. The van der Waals surface area contributed by atoms with Gasteiger partial charge in [0.1, 0.15) is 5.82 Å². The van der Waals surface area contributed by atoms with E-state index in [0.717, 1.165) is 18.0 Å². The van der Waals surface area contributed by atoms with Crippen molar-refractivity contribution in [3.63, 3.8) is 0 Å². The smallest absolute Gasteiger partial charge is 0.162 e. The van der Waals surface area contributed by atoms with Crippen molar-refractivity contribution >= 4 is 9.76 Å². The van der Waals surface area contributed by atoms with E-state index in [-0.39, 0.29) is 11.4 Å². The Morgan fingerprint density at radius 3 is 2.73 bits per heavy atom. The Morgan fingerprint density at radius 1 is 1.40 bits per heavy atom. The fourth-order valence-electron chi connectivity index (χ4n) is 1.57. The summed E-state index contributed by atoms with van der Waals surface area (Å²) in [6, 6.07) is 7.89. The van der Waals surface area contributed by atoms with E-state index >= 15 is 0 Å². The van der Waals surface area contributed by atoms with Crippen LogP contribution in [0.2, 0.25) is 6.04 Å². The predicted octanol–water partition coefficient (Wildman–Crippen LogP) is 2.69. The van der Waals surface area contributed by atoms with Gasteiger partial charge in [-0.05, 0) is 44.0 Å².